The van der Waals surface area contributed by atoms with Gasteiger partial charge in [-0.3, -0.25) is 0 Å². The summed E-state index contributed by atoms with van der Waals surface area (Å²) in [5.41, 5.74) is 3.10. The van der Waals surface area contributed by atoms with E-state index in [1.165, 1.54) is 18.6 Å². The predicted octanol–water partition coefficient (Wildman–Crippen LogP) is 3.93. The van der Waals surface area contributed by atoms with Crippen molar-refractivity contribution in [1.29, 1.82) is 0 Å². The minimum absolute atomic E-state index is 0.245. The summed E-state index contributed by atoms with van der Waals surface area (Å²) in [5, 5.41) is 4.45. The normalized spacial score (nSPS) is 10.7. The average molecular weight is 270 g/mol. The SMILES string of the molecule is COc1cc(NCc2ccc3cc[nH]c3c2)ccc1F. The van der Waals surface area contributed by atoms with E-state index in [2.05, 4.69) is 28.5 Å². The fourth-order valence-electron chi connectivity index (χ4n) is 2.18. The van der Waals surface area contributed by atoms with Crippen LogP contribution in [0.15, 0.2) is 48.7 Å². The van der Waals surface area contributed by atoms with Crippen molar-refractivity contribution in [3.05, 3.63) is 60.0 Å². The lowest BCUT2D eigenvalue weighted by Gasteiger charge is -2.09. The molecule has 3 aromatic rings. The van der Waals surface area contributed by atoms with Crippen molar-refractivity contribution < 1.29 is 9.13 Å². The zero-order valence-corrected chi connectivity index (χ0v) is 11.1. The van der Waals surface area contributed by atoms with Gasteiger partial charge in [0.2, 0.25) is 0 Å². The average Bonchev–Trinajstić information content (AvgIpc) is 2.94. The maximum Gasteiger partial charge on any atom is 0.165 e. The Hall–Kier alpha value is -2.49. The fraction of sp³-hybridized carbons (Fsp3) is 0.125. The highest BCUT2D eigenvalue weighted by atomic mass is 19.1. The highest BCUT2D eigenvalue weighted by molar-refractivity contribution is 5.79. The quantitative estimate of drug-likeness (QED) is 0.753. The summed E-state index contributed by atoms with van der Waals surface area (Å²) >= 11 is 0. The van der Waals surface area contributed by atoms with E-state index in [0.717, 1.165) is 16.8 Å². The number of H-pyrrole nitrogens is 1. The molecule has 2 aromatic carbocycles. The van der Waals surface area contributed by atoms with Gasteiger partial charge < -0.3 is 15.0 Å². The van der Waals surface area contributed by atoms with Crippen molar-refractivity contribution in [2.75, 3.05) is 12.4 Å². The Morgan fingerprint density at radius 1 is 1.15 bits per heavy atom. The molecule has 0 atom stereocenters. The Morgan fingerprint density at radius 3 is 2.90 bits per heavy atom. The summed E-state index contributed by atoms with van der Waals surface area (Å²) in [7, 11) is 1.46. The molecule has 20 heavy (non-hydrogen) atoms. The van der Waals surface area contributed by atoms with E-state index in [1.54, 1.807) is 12.1 Å². The molecular formula is C16H15FN2O. The Morgan fingerprint density at radius 2 is 2.05 bits per heavy atom. The van der Waals surface area contributed by atoms with Crippen LogP contribution in [-0.2, 0) is 6.54 Å². The molecule has 0 saturated carbocycles. The summed E-state index contributed by atoms with van der Waals surface area (Å²) in [6, 6.07) is 13.0. The van der Waals surface area contributed by atoms with Crippen LogP contribution in [0.3, 0.4) is 0 Å². The molecule has 0 radical (unpaired) electrons. The molecule has 0 aliphatic heterocycles. The molecule has 0 aliphatic rings. The van der Waals surface area contributed by atoms with Crippen molar-refractivity contribution in [1.82, 2.24) is 4.98 Å². The molecule has 2 N–H and O–H groups in total. The van der Waals surface area contributed by atoms with Crippen LogP contribution in [0.2, 0.25) is 0 Å². The predicted molar refractivity (Wildman–Crippen MR) is 78.6 cm³/mol. The van der Waals surface area contributed by atoms with E-state index in [-0.39, 0.29) is 11.6 Å². The van der Waals surface area contributed by atoms with Gasteiger partial charge in [-0.2, -0.15) is 0 Å². The monoisotopic (exact) mass is 270 g/mol. The Labute approximate surface area is 116 Å². The van der Waals surface area contributed by atoms with Crippen LogP contribution < -0.4 is 10.1 Å². The second-order valence-corrected chi connectivity index (χ2v) is 4.60. The van der Waals surface area contributed by atoms with Crippen molar-refractivity contribution in [2.24, 2.45) is 0 Å². The van der Waals surface area contributed by atoms with Gasteiger partial charge in [0.05, 0.1) is 7.11 Å². The maximum absolute atomic E-state index is 13.3. The summed E-state index contributed by atoms with van der Waals surface area (Å²) < 4.78 is 18.3. The van der Waals surface area contributed by atoms with Gasteiger partial charge in [-0.05, 0) is 35.2 Å². The molecular weight excluding hydrogens is 255 g/mol. The van der Waals surface area contributed by atoms with Crippen LogP contribution in [-0.4, -0.2) is 12.1 Å². The highest BCUT2D eigenvalue weighted by Crippen LogP contribution is 2.22. The van der Waals surface area contributed by atoms with Crippen molar-refractivity contribution in [3.63, 3.8) is 0 Å². The molecule has 3 nitrogen and oxygen atoms in total. The molecule has 0 unspecified atom stereocenters. The molecule has 1 aromatic heterocycles. The number of aromatic amines is 1. The van der Waals surface area contributed by atoms with Gasteiger partial charge in [-0.15, -0.1) is 0 Å². The van der Waals surface area contributed by atoms with Crippen LogP contribution in [0, 0.1) is 5.82 Å². The fourth-order valence-corrected chi connectivity index (χ4v) is 2.18. The molecule has 4 heteroatoms. The number of anilines is 1. The van der Waals surface area contributed by atoms with Gasteiger partial charge in [0.1, 0.15) is 0 Å². The number of benzene rings is 2. The van der Waals surface area contributed by atoms with Gasteiger partial charge in [-0.25, -0.2) is 4.39 Å². The first-order chi connectivity index (χ1) is 9.76. The first kappa shape index (κ1) is 12.5. The van der Waals surface area contributed by atoms with Crippen LogP contribution in [0.1, 0.15) is 5.56 Å². The van der Waals surface area contributed by atoms with Crippen LogP contribution in [0.25, 0.3) is 10.9 Å². The Bertz CT molecular complexity index is 736. The Balaban J connectivity index is 1.75. The van der Waals surface area contributed by atoms with Gasteiger partial charge >= 0.3 is 0 Å². The van der Waals surface area contributed by atoms with E-state index >= 15 is 0 Å². The summed E-state index contributed by atoms with van der Waals surface area (Å²) in [6.07, 6.45) is 1.92. The van der Waals surface area contributed by atoms with E-state index < -0.39 is 0 Å². The van der Waals surface area contributed by atoms with Crippen molar-refractivity contribution in [2.45, 2.75) is 6.54 Å². The van der Waals surface area contributed by atoms with E-state index in [1.807, 2.05) is 12.3 Å². The first-order valence-electron chi connectivity index (χ1n) is 6.40. The maximum atomic E-state index is 13.3. The molecule has 102 valence electrons. The molecule has 3 rings (SSSR count). The number of hydrogen-bond acceptors (Lipinski definition) is 2. The second-order valence-electron chi connectivity index (χ2n) is 4.60. The molecule has 1 heterocycles. The number of ether oxygens (including phenoxy) is 1. The van der Waals surface area contributed by atoms with E-state index in [4.69, 9.17) is 4.74 Å². The van der Waals surface area contributed by atoms with Crippen LogP contribution in [0.4, 0.5) is 10.1 Å². The van der Waals surface area contributed by atoms with Crippen LogP contribution in [0.5, 0.6) is 5.75 Å². The van der Waals surface area contributed by atoms with Gasteiger partial charge in [0.25, 0.3) is 0 Å². The standard InChI is InChI=1S/C16H15FN2O/c1-20-16-9-13(4-5-14(16)17)19-10-11-2-3-12-6-7-18-15(12)8-11/h2-9,18-19H,10H2,1H3. The van der Waals surface area contributed by atoms with E-state index in [0.29, 0.717) is 6.54 Å². The summed E-state index contributed by atoms with van der Waals surface area (Å²) in [6.45, 7) is 0.670. The number of aromatic nitrogens is 1. The minimum Gasteiger partial charge on any atom is -0.494 e. The third-order valence-electron chi connectivity index (χ3n) is 3.27. The zero-order valence-electron chi connectivity index (χ0n) is 11.1. The molecule has 0 aliphatic carbocycles. The van der Waals surface area contributed by atoms with Crippen molar-refractivity contribution >= 4 is 16.6 Å². The van der Waals surface area contributed by atoms with Crippen LogP contribution >= 0.6 is 0 Å². The van der Waals surface area contributed by atoms with E-state index in [9.17, 15) is 4.39 Å². The second kappa shape index (κ2) is 5.25. The Kier molecular flexibility index (Phi) is 3.29. The molecule has 0 bridgehead atoms. The third-order valence-corrected chi connectivity index (χ3v) is 3.27. The number of rotatable bonds is 4. The lowest BCUT2D eigenvalue weighted by atomic mass is 10.1. The number of halogens is 1. The molecule has 0 fully saturated rings. The lowest BCUT2D eigenvalue weighted by molar-refractivity contribution is 0.387. The molecule has 0 saturated heterocycles. The third kappa shape index (κ3) is 2.45. The summed E-state index contributed by atoms with van der Waals surface area (Å²) in [5.74, 6) is -0.110. The highest BCUT2D eigenvalue weighted by Gasteiger charge is 2.03. The van der Waals surface area contributed by atoms with Gasteiger partial charge in [0.15, 0.2) is 11.6 Å². The van der Waals surface area contributed by atoms with Gasteiger partial charge in [0, 0.05) is 30.0 Å². The number of hydrogen-bond donors (Lipinski definition) is 2. The largest absolute Gasteiger partial charge is 0.494 e. The van der Waals surface area contributed by atoms with Crippen molar-refractivity contribution in [3.8, 4) is 5.75 Å². The number of nitrogens with one attached hydrogen (secondary N) is 2. The minimum atomic E-state index is -0.356. The number of fused-ring (bicyclic) bond motifs is 1. The topological polar surface area (TPSA) is 37.0 Å². The zero-order chi connectivity index (χ0) is 13.9. The summed E-state index contributed by atoms with van der Waals surface area (Å²) in [4.78, 5) is 3.19. The van der Waals surface area contributed by atoms with Gasteiger partial charge in [-0.1, -0.05) is 12.1 Å². The molecule has 0 spiro atoms. The smallest absolute Gasteiger partial charge is 0.165 e. The lowest BCUT2D eigenvalue weighted by Crippen LogP contribution is -2.00. The number of methoxy groups -OCH3 is 1. The molecule has 0 amide bonds. The first-order valence-corrected chi connectivity index (χ1v) is 6.40.